The third-order valence-corrected chi connectivity index (χ3v) is 5.26. The number of hydrogen-bond donors (Lipinski definition) is 2. The van der Waals surface area contributed by atoms with E-state index in [0.29, 0.717) is 12.6 Å². The quantitative estimate of drug-likeness (QED) is 0.222. The molecule has 7 heteroatoms. The molecule has 0 aromatic carbocycles. The molecule has 0 atom stereocenters. The number of rotatable bonds is 10. The molecule has 2 rings (SSSR count). The molecule has 0 unspecified atom stereocenters. The van der Waals surface area contributed by atoms with E-state index in [0.717, 1.165) is 30.1 Å². The Morgan fingerprint density at radius 3 is 2.48 bits per heavy atom. The van der Waals surface area contributed by atoms with E-state index in [9.17, 15) is 0 Å². The minimum atomic E-state index is 0. The summed E-state index contributed by atoms with van der Waals surface area (Å²) in [6.07, 6.45) is 11.7. The second-order valence-corrected chi connectivity index (χ2v) is 8.04. The first kappa shape index (κ1) is 24.2. The zero-order chi connectivity index (χ0) is 18.8. The lowest BCUT2D eigenvalue weighted by Gasteiger charge is -2.17. The van der Waals surface area contributed by atoms with E-state index >= 15 is 0 Å². The largest absolute Gasteiger partial charge is 0.356 e. The van der Waals surface area contributed by atoms with E-state index in [1.54, 1.807) is 0 Å². The fourth-order valence-corrected chi connectivity index (χ4v) is 3.39. The zero-order valence-electron chi connectivity index (χ0n) is 17.6. The molecule has 1 aromatic rings. The molecule has 1 fully saturated rings. The summed E-state index contributed by atoms with van der Waals surface area (Å²) in [7, 11) is 1.99. The van der Waals surface area contributed by atoms with Gasteiger partial charge >= 0.3 is 0 Å². The molecular weight excluding hydrogens is 451 g/mol. The van der Waals surface area contributed by atoms with Gasteiger partial charge in [-0.25, -0.2) is 4.99 Å². The Kier molecular flexibility index (Phi) is 11.9. The van der Waals surface area contributed by atoms with Crippen LogP contribution in [0.1, 0.15) is 83.3 Å². The lowest BCUT2D eigenvalue weighted by molar-refractivity contribution is 0.518. The highest BCUT2D eigenvalue weighted by Gasteiger charge is 2.16. The molecule has 1 heterocycles. The molecule has 156 valence electrons. The van der Waals surface area contributed by atoms with Crippen molar-refractivity contribution in [3.63, 3.8) is 0 Å². The van der Waals surface area contributed by atoms with E-state index in [1.807, 2.05) is 18.5 Å². The summed E-state index contributed by atoms with van der Waals surface area (Å²) in [6, 6.07) is 0.563. The molecule has 0 spiro atoms. The van der Waals surface area contributed by atoms with Crippen LogP contribution in [0.5, 0.6) is 0 Å². The molecule has 1 aromatic heterocycles. The van der Waals surface area contributed by atoms with E-state index in [-0.39, 0.29) is 24.0 Å². The lowest BCUT2D eigenvalue weighted by atomic mass is 10.0. The van der Waals surface area contributed by atoms with Crippen LogP contribution in [0.25, 0.3) is 0 Å². The van der Waals surface area contributed by atoms with Crippen LogP contribution < -0.4 is 10.6 Å². The van der Waals surface area contributed by atoms with E-state index in [1.165, 1.54) is 57.8 Å². The van der Waals surface area contributed by atoms with Gasteiger partial charge in [0, 0.05) is 19.6 Å². The van der Waals surface area contributed by atoms with Gasteiger partial charge in [0.2, 0.25) is 0 Å². The second kappa shape index (κ2) is 13.3. The summed E-state index contributed by atoms with van der Waals surface area (Å²) in [5, 5.41) is 15.5. The summed E-state index contributed by atoms with van der Waals surface area (Å²) in [5.41, 5.74) is 0. The van der Waals surface area contributed by atoms with Gasteiger partial charge < -0.3 is 15.2 Å². The summed E-state index contributed by atoms with van der Waals surface area (Å²) in [4.78, 5) is 4.76. The number of guanidine groups is 1. The summed E-state index contributed by atoms with van der Waals surface area (Å²) in [6.45, 7) is 8.12. The average molecular weight is 490 g/mol. The van der Waals surface area contributed by atoms with Crippen molar-refractivity contribution < 1.29 is 0 Å². The highest BCUT2D eigenvalue weighted by molar-refractivity contribution is 14.0. The Morgan fingerprint density at radius 2 is 1.85 bits per heavy atom. The van der Waals surface area contributed by atoms with Crippen molar-refractivity contribution in [3.05, 3.63) is 11.6 Å². The second-order valence-electron chi connectivity index (χ2n) is 8.04. The Balaban J connectivity index is 0.00000364. The Hall–Kier alpha value is -0.860. The maximum atomic E-state index is 4.76. The topological polar surface area (TPSA) is 67.1 Å². The fraction of sp³-hybridized carbons (Fsp3) is 0.850. The van der Waals surface area contributed by atoms with Crippen molar-refractivity contribution in [1.82, 2.24) is 25.4 Å². The van der Waals surface area contributed by atoms with Crippen molar-refractivity contribution in [2.24, 2.45) is 18.0 Å². The van der Waals surface area contributed by atoms with Crippen molar-refractivity contribution in [1.29, 1.82) is 0 Å². The summed E-state index contributed by atoms with van der Waals surface area (Å²) < 4.78 is 2.01. The molecule has 27 heavy (non-hydrogen) atoms. The molecule has 1 saturated carbocycles. The Labute approximate surface area is 182 Å². The molecule has 0 aliphatic heterocycles. The van der Waals surface area contributed by atoms with Gasteiger partial charge in [-0.3, -0.25) is 0 Å². The molecule has 0 bridgehead atoms. The highest BCUT2D eigenvalue weighted by atomic mass is 127. The van der Waals surface area contributed by atoms with Crippen LogP contribution in [0.2, 0.25) is 0 Å². The lowest BCUT2D eigenvalue weighted by Crippen LogP contribution is -2.42. The number of halogens is 1. The molecule has 2 N–H and O–H groups in total. The number of hydrogen-bond acceptors (Lipinski definition) is 3. The first-order valence-corrected chi connectivity index (χ1v) is 10.5. The van der Waals surface area contributed by atoms with Gasteiger partial charge in [-0.2, -0.15) is 0 Å². The number of unbranched alkanes of at least 4 members (excludes halogenated alkanes) is 3. The van der Waals surface area contributed by atoms with E-state index < -0.39 is 0 Å². The van der Waals surface area contributed by atoms with Gasteiger partial charge in [0.15, 0.2) is 11.8 Å². The first-order valence-electron chi connectivity index (χ1n) is 10.5. The number of aliphatic imine (C=N–C) groups is 1. The zero-order valence-corrected chi connectivity index (χ0v) is 20.0. The normalized spacial score (nSPS) is 15.2. The van der Waals surface area contributed by atoms with Crippen LogP contribution >= 0.6 is 24.0 Å². The van der Waals surface area contributed by atoms with Crippen LogP contribution in [0.15, 0.2) is 4.99 Å². The van der Waals surface area contributed by atoms with Crippen molar-refractivity contribution >= 4 is 29.9 Å². The predicted molar refractivity (Wildman–Crippen MR) is 124 cm³/mol. The number of aryl methyl sites for hydroxylation is 1. The first-order chi connectivity index (χ1) is 12.6. The third-order valence-electron chi connectivity index (χ3n) is 5.26. The maximum absolute atomic E-state index is 4.76. The van der Waals surface area contributed by atoms with Gasteiger partial charge in [-0.15, -0.1) is 34.2 Å². The van der Waals surface area contributed by atoms with Crippen molar-refractivity contribution in [2.75, 3.05) is 6.54 Å². The Bertz CT molecular complexity index is 549. The third kappa shape index (κ3) is 9.25. The molecule has 0 saturated heterocycles. The minimum Gasteiger partial charge on any atom is -0.356 e. The van der Waals surface area contributed by atoms with Gasteiger partial charge in [0.05, 0.1) is 0 Å². The molecule has 6 nitrogen and oxygen atoms in total. The van der Waals surface area contributed by atoms with Crippen LogP contribution in [-0.4, -0.2) is 33.3 Å². The molecular formula is C20H39IN6. The molecule has 0 amide bonds. The van der Waals surface area contributed by atoms with E-state index in [2.05, 4.69) is 34.7 Å². The maximum Gasteiger partial charge on any atom is 0.191 e. The molecule has 0 radical (unpaired) electrons. The SMILES string of the molecule is Cc1nnc(CN=C(NCCCCCCC(C)C)NC2CCCC2)n1C.I. The molecule has 1 aliphatic carbocycles. The molecule has 1 aliphatic rings. The van der Waals surface area contributed by atoms with Crippen molar-refractivity contribution in [3.8, 4) is 0 Å². The van der Waals surface area contributed by atoms with Crippen LogP contribution in [0, 0.1) is 12.8 Å². The summed E-state index contributed by atoms with van der Waals surface area (Å²) >= 11 is 0. The Morgan fingerprint density at radius 1 is 1.15 bits per heavy atom. The van der Waals surface area contributed by atoms with E-state index in [4.69, 9.17) is 4.99 Å². The minimum absolute atomic E-state index is 0. The number of nitrogens with one attached hydrogen (secondary N) is 2. The number of aromatic nitrogens is 3. The standard InChI is InChI=1S/C20H38N6.HI/c1-16(2)11-7-5-6-10-14-21-20(23-18-12-8-9-13-18)22-15-19-25-24-17(3)26(19)4;/h16,18H,5-15H2,1-4H3,(H2,21,22,23);1H. The van der Waals surface area contributed by atoms with Crippen LogP contribution in [-0.2, 0) is 13.6 Å². The smallest absolute Gasteiger partial charge is 0.191 e. The monoisotopic (exact) mass is 490 g/mol. The highest BCUT2D eigenvalue weighted by Crippen LogP contribution is 2.17. The number of nitrogens with zero attached hydrogens (tertiary/aromatic N) is 4. The van der Waals surface area contributed by atoms with Crippen molar-refractivity contribution in [2.45, 2.75) is 91.1 Å². The summed E-state index contributed by atoms with van der Waals surface area (Å²) in [5.74, 6) is 3.59. The van der Waals surface area contributed by atoms with Crippen LogP contribution in [0.4, 0.5) is 0 Å². The average Bonchev–Trinajstić information content (AvgIpc) is 3.22. The van der Waals surface area contributed by atoms with Gasteiger partial charge in [0.1, 0.15) is 12.4 Å². The van der Waals surface area contributed by atoms with Gasteiger partial charge in [0.25, 0.3) is 0 Å². The predicted octanol–water partition coefficient (Wildman–Crippen LogP) is 4.33. The van der Waals surface area contributed by atoms with Crippen LogP contribution in [0.3, 0.4) is 0 Å². The fourth-order valence-electron chi connectivity index (χ4n) is 3.39. The van der Waals surface area contributed by atoms with Gasteiger partial charge in [-0.1, -0.05) is 52.4 Å². The van der Waals surface area contributed by atoms with Gasteiger partial charge in [-0.05, 0) is 32.1 Å².